The van der Waals surface area contributed by atoms with E-state index in [2.05, 4.69) is 4.90 Å². The molecule has 6 nitrogen and oxygen atoms in total. The lowest BCUT2D eigenvalue weighted by Gasteiger charge is -2.36. The van der Waals surface area contributed by atoms with E-state index in [0.29, 0.717) is 37.5 Å². The quantitative estimate of drug-likeness (QED) is 0.814. The molecule has 0 N–H and O–H groups in total. The Morgan fingerprint density at radius 2 is 1.79 bits per heavy atom. The van der Waals surface area contributed by atoms with Gasteiger partial charge in [0.2, 0.25) is 5.91 Å². The number of methoxy groups -OCH3 is 1. The summed E-state index contributed by atoms with van der Waals surface area (Å²) < 4.78 is 5.28. The molecule has 0 aromatic heterocycles. The monoisotopic (exact) mass is 349 g/mol. The Bertz CT molecular complexity index is 617. The first-order chi connectivity index (χ1) is 11.6. The third-order valence-corrected chi connectivity index (χ3v) is 5.74. The van der Waals surface area contributed by atoms with Crippen LogP contribution >= 0.6 is 11.8 Å². The van der Waals surface area contributed by atoms with Crippen molar-refractivity contribution in [3.63, 3.8) is 0 Å². The normalized spacial score (nSPS) is 21.8. The van der Waals surface area contributed by atoms with Crippen molar-refractivity contribution in [2.24, 2.45) is 0 Å². The third-order valence-electron chi connectivity index (χ3n) is 4.60. The number of ether oxygens (including phenoxy) is 1. The van der Waals surface area contributed by atoms with Crippen molar-refractivity contribution in [1.82, 2.24) is 14.7 Å². The minimum Gasteiger partial charge on any atom is -0.496 e. The molecule has 0 aliphatic carbocycles. The molecule has 2 heterocycles. The number of hydrogen-bond acceptors (Lipinski definition) is 5. The first kappa shape index (κ1) is 17.1. The molecule has 24 heavy (non-hydrogen) atoms. The average molecular weight is 349 g/mol. The maximum Gasteiger partial charge on any atom is 0.257 e. The molecule has 130 valence electrons. The van der Waals surface area contributed by atoms with E-state index >= 15 is 0 Å². The fourth-order valence-electron chi connectivity index (χ4n) is 3.12. The molecular weight excluding hydrogens is 326 g/mol. The van der Waals surface area contributed by atoms with Crippen LogP contribution in [-0.2, 0) is 4.79 Å². The van der Waals surface area contributed by atoms with Crippen molar-refractivity contribution in [2.75, 3.05) is 52.0 Å². The molecule has 1 atom stereocenters. The Morgan fingerprint density at radius 1 is 1.12 bits per heavy atom. The van der Waals surface area contributed by atoms with Crippen LogP contribution in [0.2, 0.25) is 0 Å². The lowest BCUT2D eigenvalue weighted by molar-refractivity contribution is -0.136. The second-order valence-corrected chi connectivity index (χ2v) is 7.09. The van der Waals surface area contributed by atoms with Gasteiger partial charge in [0.1, 0.15) is 5.75 Å². The van der Waals surface area contributed by atoms with E-state index in [1.165, 1.54) is 0 Å². The minimum absolute atomic E-state index is 0.0218. The van der Waals surface area contributed by atoms with Gasteiger partial charge in [0.15, 0.2) is 0 Å². The highest BCUT2D eigenvalue weighted by atomic mass is 32.2. The van der Waals surface area contributed by atoms with Crippen LogP contribution in [0.3, 0.4) is 0 Å². The van der Waals surface area contributed by atoms with Crippen molar-refractivity contribution in [1.29, 1.82) is 0 Å². The molecule has 0 unspecified atom stereocenters. The van der Waals surface area contributed by atoms with Crippen LogP contribution in [-0.4, -0.2) is 84.5 Å². The number of carbonyl (C=O) groups is 2. The van der Waals surface area contributed by atoms with Gasteiger partial charge in [0.25, 0.3) is 5.91 Å². The number of benzene rings is 1. The van der Waals surface area contributed by atoms with Crippen LogP contribution < -0.4 is 4.74 Å². The number of piperazine rings is 1. The molecule has 1 aromatic rings. The molecule has 3 rings (SSSR count). The Labute approximate surface area is 146 Å². The average Bonchev–Trinajstić information content (AvgIpc) is 3.06. The maximum atomic E-state index is 12.7. The van der Waals surface area contributed by atoms with Crippen LogP contribution in [0, 0.1) is 0 Å². The predicted molar refractivity (Wildman–Crippen MR) is 94.4 cm³/mol. The fourth-order valence-corrected chi connectivity index (χ4v) is 4.31. The van der Waals surface area contributed by atoms with Crippen LogP contribution in [0.1, 0.15) is 10.4 Å². The topological polar surface area (TPSA) is 53.1 Å². The highest BCUT2D eigenvalue weighted by Crippen LogP contribution is 2.22. The number of amides is 2. The standard InChI is InChI=1S/C17H23N3O3S/c1-18-12-24-11-14(18)17(22)20-9-7-19(8-10-20)16(21)13-5-3-4-6-15(13)23-2/h3-6,14H,7-12H2,1-2H3/t14-/m0/s1. The van der Waals surface area contributed by atoms with E-state index in [4.69, 9.17) is 4.74 Å². The molecule has 0 spiro atoms. The zero-order chi connectivity index (χ0) is 17.1. The van der Waals surface area contributed by atoms with Crippen molar-refractivity contribution in [3.05, 3.63) is 29.8 Å². The molecule has 2 fully saturated rings. The number of thioether (sulfide) groups is 1. The van der Waals surface area contributed by atoms with Gasteiger partial charge in [0, 0.05) is 37.8 Å². The Morgan fingerprint density at radius 3 is 2.42 bits per heavy atom. The van der Waals surface area contributed by atoms with Crippen LogP contribution in [0.5, 0.6) is 5.75 Å². The summed E-state index contributed by atoms with van der Waals surface area (Å²) in [5.41, 5.74) is 0.576. The van der Waals surface area contributed by atoms with Gasteiger partial charge >= 0.3 is 0 Å². The first-order valence-electron chi connectivity index (χ1n) is 8.11. The van der Waals surface area contributed by atoms with Crippen molar-refractivity contribution in [2.45, 2.75) is 6.04 Å². The second kappa shape index (κ2) is 7.44. The predicted octanol–water partition coefficient (Wildman–Crippen LogP) is 0.984. The molecule has 2 amide bonds. The molecule has 2 aliphatic heterocycles. The van der Waals surface area contributed by atoms with Gasteiger partial charge in [0.05, 0.1) is 18.7 Å². The molecule has 1 aromatic carbocycles. The Kier molecular flexibility index (Phi) is 5.30. The van der Waals surface area contributed by atoms with Gasteiger partial charge in [-0.15, -0.1) is 11.8 Å². The minimum atomic E-state index is -0.0342. The Hall–Kier alpha value is -1.73. The highest BCUT2D eigenvalue weighted by Gasteiger charge is 2.34. The lowest BCUT2D eigenvalue weighted by Crippen LogP contribution is -2.54. The van der Waals surface area contributed by atoms with Gasteiger partial charge in [-0.25, -0.2) is 0 Å². The van der Waals surface area contributed by atoms with E-state index in [9.17, 15) is 9.59 Å². The number of likely N-dealkylation sites (N-methyl/N-ethyl adjacent to an activating group) is 1. The molecule has 2 aliphatic rings. The molecule has 2 saturated heterocycles. The molecule has 7 heteroatoms. The summed E-state index contributed by atoms with van der Waals surface area (Å²) in [6.45, 7) is 2.31. The van der Waals surface area contributed by atoms with E-state index in [0.717, 1.165) is 11.6 Å². The van der Waals surface area contributed by atoms with Crippen LogP contribution in [0.15, 0.2) is 24.3 Å². The summed E-state index contributed by atoms with van der Waals surface area (Å²) >= 11 is 1.79. The van der Waals surface area contributed by atoms with E-state index in [1.807, 2.05) is 24.1 Å². The number of rotatable bonds is 3. The van der Waals surface area contributed by atoms with Gasteiger partial charge in [-0.1, -0.05) is 12.1 Å². The summed E-state index contributed by atoms with van der Waals surface area (Å²) in [6.07, 6.45) is 0. The van der Waals surface area contributed by atoms with Gasteiger partial charge in [-0.05, 0) is 19.2 Å². The van der Waals surface area contributed by atoms with Gasteiger partial charge < -0.3 is 14.5 Å². The molecular formula is C17H23N3O3S. The first-order valence-corrected chi connectivity index (χ1v) is 9.26. The van der Waals surface area contributed by atoms with E-state index in [1.54, 1.807) is 35.9 Å². The van der Waals surface area contributed by atoms with Crippen LogP contribution in [0.4, 0.5) is 0 Å². The zero-order valence-electron chi connectivity index (χ0n) is 14.1. The summed E-state index contributed by atoms with van der Waals surface area (Å²) in [6, 6.07) is 7.24. The smallest absolute Gasteiger partial charge is 0.257 e. The van der Waals surface area contributed by atoms with E-state index < -0.39 is 0 Å². The molecule has 0 bridgehead atoms. The number of para-hydroxylation sites is 1. The largest absolute Gasteiger partial charge is 0.496 e. The second-order valence-electron chi connectivity index (χ2n) is 6.09. The van der Waals surface area contributed by atoms with Crippen LogP contribution in [0.25, 0.3) is 0 Å². The highest BCUT2D eigenvalue weighted by molar-refractivity contribution is 7.99. The number of hydrogen-bond donors (Lipinski definition) is 0. The van der Waals surface area contributed by atoms with Crippen molar-refractivity contribution >= 4 is 23.6 Å². The van der Waals surface area contributed by atoms with Crippen molar-refractivity contribution < 1.29 is 14.3 Å². The van der Waals surface area contributed by atoms with Crippen molar-refractivity contribution in [3.8, 4) is 5.75 Å². The number of carbonyl (C=O) groups excluding carboxylic acids is 2. The maximum absolute atomic E-state index is 12.7. The summed E-state index contributed by atoms with van der Waals surface area (Å²) in [5, 5.41) is 0. The zero-order valence-corrected chi connectivity index (χ0v) is 14.9. The third kappa shape index (κ3) is 3.37. The molecule has 0 radical (unpaired) electrons. The SMILES string of the molecule is COc1ccccc1C(=O)N1CCN(C(=O)[C@@H]2CSCN2C)CC1. The summed E-state index contributed by atoms with van der Waals surface area (Å²) in [7, 11) is 3.56. The summed E-state index contributed by atoms with van der Waals surface area (Å²) in [5.74, 6) is 2.50. The lowest BCUT2D eigenvalue weighted by atomic mass is 10.1. The Balaban J connectivity index is 1.60. The fraction of sp³-hybridized carbons (Fsp3) is 0.529. The summed E-state index contributed by atoms with van der Waals surface area (Å²) in [4.78, 5) is 31.1. The van der Waals surface area contributed by atoms with Gasteiger partial charge in [-0.2, -0.15) is 0 Å². The van der Waals surface area contributed by atoms with E-state index in [-0.39, 0.29) is 17.9 Å². The van der Waals surface area contributed by atoms with Gasteiger partial charge in [-0.3, -0.25) is 14.5 Å². The molecule has 0 saturated carbocycles. The number of nitrogens with zero attached hydrogens (tertiary/aromatic N) is 3.